The van der Waals surface area contributed by atoms with Crippen LogP contribution < -0.4 is 11.1 Å². The number of nitrogens with one attached hydrogen (secondary N) is 1. The quantitative estimate of drug-likeness (QED) is 0.858. The van der Waals surface area contributed by atoms with Gasteiger partial charge in [0.05, 0.1) is 5.69 Å². The van der Waals surface area contributed by atoms with Gasteiger partial charge < -0.3 is 16.0 Å². The number of sulfone groups is 1. The predicted molar refractivity (Wildman–Crippen MR) is 83.2 cm³/mol. The second-order valence-electron chi connectivity index (χ2n) is 5.25. The Morgan fingerprint density at radius 2 is 1.95 bits per heavy atom. The number of hydrogen-bond donors (Lipinski definition) is 2. The summed E-state index contributed by atoms with van der Waals surface area (Å²) in [6.45, 7) is 4.63. The van der Waals surface area contributed by atoms with E-state index >= 15 is 0 Å². The molecule has 1 heterocycles. The lowest BCUT2D eigenvalue weighted by Crippen LogP contribution is -2.21. The molecule has 1 aromatic heterocycles. The van der Waals surface area contributed by atoms with E-state index in [1.165, 1.54) is 4.90 Å². The highest BCUT2D eigenvalue weighted by Gasteiger charge is 2.27. The van der Waals surface area contributed by atoms with Crippen molar-refractivity contribution in [1.29, 1.82) is 0 Å². The third-order valence-electron chi connectivity index (χ3n) is 2.54. The summed E-state index contributed by atoms with van der Waals surface area (Å²) >= 11 is 1.08. The van der Waals surface area contributed by atoms with E-state index in [0.29, 0.717) is 17.5 Å². The molecule has 0 aliphatic carbocycles. The zero-order valence-corrected chi connectivity index (χ0v) is 14.0. The standard InChI is InChI=1S/C12H21N3O3S2/c1-7(2)6-14-11-10(20(5,17)18)8(13)9(19-11)12(16)15(3)4/h7,14H,6,13H2,1-5H3. The fourth-order valence-corrected chi connectivity index (χ4v) is 4.17. The van der Waals surface area contributed by atoms with Gasteiger partial charge in [0.1, 0.15) is 14.8 Å². The van der Waals surface area contributed by atoms with Crippen LogP contribution in [0.15, 0.2) is 4.90 Å². The van der Waals surface area contributed by atoms with E-state index in [0.717, 1.165) is 17.6 Å². The number of nitrogens with zero attached hydrogens (tertiary/aromatic N) is 1. The van der Waals surface area contributed by atoms with Crippen molar-refractivity contribution >= 4 is 37.8 Å². The molecule has 0 radical (unpaired) electrons. The molecule has 6 nitrogen and oxygen atoms in total. The Morgan fingerprint density at radius 3 is 2.35 bits per heavy atom. The highest BCUT2D eigenvalue weighted by atomic mass is 32.2. The molecule has 114 valence electrons. The predicted octanol–water partition coefficient (Wildman–Crippen LogP) is 1.50. The van der Waals surface area contributed by atoms with Gasteiger partial charge in [-0.05, 0) is 5.92 Å². The van der Waals surface area contributed by atoms with Gasteiger partial charge in [0, 0.05) is 26.9 Å². The third-order valence-corrected chi connectivity index (χ3v) is 4.99. The fraction of sp³-hybridized carbons (Fsp3) is 0.583. The summed E-state index contributed by atoms with van der Waals surface area (Å²) in [5.41, 5.74) is 5.91. The van der Waals surface area contributed by atoms with Crippen LogP contribution in [0.4, 0.5) is 10.7 Å². The van der Waals surface area contributed by atoms with Crippen molar-refractivity contribution < 1.29 is 13.2 Å². The molecule has 0 saturated carbocycles. The Hall–Kier alpha value is -1.28. The number of hydrogen-bond acceptors (Lipinski definition) is 6. The molecule has 20 heavy (non-hydrogen) atoms. The van der Waals surface area contributed by atoms with Crippen LogP contribution in [0.1, 0.15) is 23.5 Å². The first-order chi connectivity index (χ1) is 9.05. The molecule has 0 unspecified atom stereocenters. The summed E-state index contributed by atoms with van der Waals surface area (Å²) in [6.07, 6.45) is 1.09. The number of thiophene rings is 1. The van der Waals surface area contributed by atoms with Gasteiger partial charge in [-0.25, -0.2) is 8.42 Å². The van der Waals surface area contributed by atoms with Crippen molar-refractivity contribution in [3.63, 3.8) is 0 Å². The first-order valence-corrected chi connectivity index (χ1v) is 8.84. The lowest BCUT2D eigenvalue weighted by Gasteiger charge is -2.08. The van der Waals surface area contributed by atoms with E-state index in [9.17, 15) is 13.2 Å². The molecule has 0 aromatic carbocycles. The van der Waals surface area contributed by atoms with Crippen molar-refractivity contribution in [3.05, 3.63) is 4.88 Å². The smallest absolute Gasteiger partial charge is 0.265 e. The minimum Gasteiger partial charge on any atom is -0.396 e. The summed E-state index contributed by atoms with van der Waals surface area (Å²) in [6, 6.07) is 0. The molecule has 0 aliphatic rings. The summed E-state index contributed by atoms with van der Waals surface area (Å²) < 4.78 is 23.8. The Kier molecular flexibility index (Phi) is 5.04. The van der Waals surface area contributed by atoms with Crippen LogP contribution in [0.25, 0.3) is 0 Å². The first kappa shape index (κ1) is 16.8. The van der Waals surface area contributed by atoms with E-state index in [4.69, 9.17) is 5.73 Å². The van der Waals surface area contributed by atoms with Crippen molar-refractivity contribution in [2.75, 3.05) is 37.9 Å². The molecule has 3 N–H and O–H groups in total. The van der Waals surface area contributed by atoms with Gasteiger partial charge in [0.2, 0.25) is 0 Å². The van der Waals surface area contributed by atoms with Crippen molar-refractivity contribution in [3.8, 4) is 0 Å². The Morgan fingerprint density at radius 1 is 1.40 bits per heavy atom. The molecule has 0 fully saturated rings. The average Bonchev–Trinajstić information content (AvgIpc) is 2.62. The van der Waals surface area contributed by atoms with Gasteiger partial charge in [-0.1, -0.05) is 13.8 Å². The van der Waals surface area contributed by atoms with Gasteiger partial charge in [-0.15, -0.1) is 11.3 Å². The topological polar surface area (TPSA) is 92.5 Å². The SMILES string of the molecule is CC(C)CNc1sc(C(=O)N(C)C)c(N)c1S(C)(=O)=O. The molecule has 1 amide bonds. The van der Waals surface area contributed by atoms with Crippen LogP contribution in [-0.4, -0.2) is 46.1 Å². The largest absolute Gasteiger partial charge is 0.396 e. The Balaban J connectivity index is 3.36. The third kappa shape index (κ3) is 3.63. The second-order valence-corrected chi connectivity index (χ2v) is 8.22. The van der Waals surface area contributed by atoms with Crippen LogP contribution in [0.3, 0.4) is 0 Å². The number of nitrogen functional groups attached to an aromatic ring is 1. The summed E-state index contributed by atoms with van der Waals surface area (Å²) in [5, 5.41) is 3.50. The number of rotatable bonds is 5. The average molecular weight is 319 g/mol. The normalized spacial score (nSPS) is 11.7. The molecular weight excluding hydrogens is 298 g/mol. The van der Waals surface area contributed by atoms with Crippen LogP contribution in [0, 0.1) is 5.92 Å². The maximum atomic E-state index is 12.0. The van der Waals surface area contributed by atoms with E-state index < -0.39 is 9.84 Å². The van der Waals surface area contributed by atoms with Gasteiger partial charge in [0.25, 0.3) is 5.91 Å². The van der Waals surface area contributed by atoms with Crippen LogP contribution in [0.2, 0.25) is 0 Å². The monoisotopic (exact) mass is 319 g/mol. The maximum absolute atomic E-state index is 12.0. The minimum atomic E-state index is -3.50. The number of carbonyl (C=O) groups excluding carboxylic acids is 1. The van der Waals surface area contributed by atoms with E-state index in [1.807, 2.05) is 13.8 Å². The minimum absolute atomic E-state index is 0.0216. The first-order valence-electron chi connectivity index (χ1n) is 6.13. The Labute approximate surface area is 123 Å². The van der Waals surface area contributed by atoms with Gasteiger partial charge in [-0.3, -0.25) is 4.79 Å². The zero-order valence-electron chi connectivity index (χ0n) is 12.4. The number of nitrogens with two attached hydrogens (primary N) is 1. The maximum Gasteiger partial charge on any atom is 0.265 e. The van der Waals surface area contributed by atoms with Gasteiger partial charge in [0.15, 0.2) is 9.84 Å². The van der Waals surface area contributed by atoms with Crippen molar-refractivity contribution in [1.82, 2.24) is 4.90 Å². The summed E-state index contributed by atoms with van der Waals surface area (Å²) in [5.74, 6) is 0.0498. The van der Waals surface area contributed by atoms with Crippen LogP contribution in [-0.2, 0) is 9.84 Å². The van der Waals surface area contributed by atoms with E-state index in [1.54, 1.807) is 14.1 Å². The lowest BCUT2D eigenvalue weighted by molar-refractivity contribution is 0.0833. The van der Waals surface area contributed by atoms with Gasteiger partial charge >= 0.3 is 0 Å². The molecule has 0 bridgehead atoms. The van der Waals surface area contributed by atoms with E-state index in [-0.39, 0.29) is 21.4 Å². The zero-order chi connectivity index (χ0) is 15.7. The molecule has 0 aliphatic heterocycles. The fourth-order valence-electron chi connectivity index (χ4n) is 1.57. The van der Waals surface area contributed by atoms with Crippen molar-refractivity contribution in [2.24, 2.45) is 5.92 Å². The molecule has 0 spiro atoms. The van der Waals surface area contributed by atoms with Crippen LogP contribution in [0.5, 0.6) is 0 Å². The molecule has 1 aromatic rings. The lowest BCUT2D eigenvalue weighted by atomic mass is 10.2. The second kappa shape index (κ2) is 6.01. The molecule has 0 saturated heterocycles. The summed E-state index contributed by atoms with van der Waals surface area (Å²) in [7, 11) is -0.298. The van der Waals surface area contributed by atoms with Crippen LogP contribution >= 0.6 is 11.3 Å². The van der Waals surface area contributed by atoms with E-state index in [2.05, 4.69) is 5.32 Å². The number of anilines is 2. The Bertz CT molecular complexity index is 604. The van der Waals surface area contributed by atoms with Gasteiger partial charge in [-0.2, -0.15) is 0 Å². The molecule has 1 rings (SSSR count). The highest BCUT2D eigenvalue weighted by molar-refractivity contribution is 7.91. The molecular formula is C12H21N3O3S2. The highest BCUT2D eigenvalue weighted by Crippen LogP contribution is 2.39. The molecule has 8 heteroatoms. The number of amides is 1. The summed E-state index contributed by atoms with van der Waals surface area (Å²) in [4.78, 5) is 13.7. The molecule has 0 atom stereocenters. The van der Waals surface area contributed by atoms with Crippen molar-refractivity contribution in [2.45, 2.75) is 18.7 Å². The number of carbonyl (C=O) groups is 1.